The Morgan fingerprint density at radius 2 is 0.815 bits per heavy atom. The summed E-state index contributed by atoms with van der Waals surface area (Å²) in [4.78, 5) is 0. The van der Waals surface area contributed by atoms with E-state index in [9.17, 15) is 0 Å². The van der Waals surface area contributed by atoms with Gasteiger partial charge in [-0.05, 0) is 23.7 Å². The van der Waals surface area contributed by atoms with Crippen LogP contribution in [0.25, 0.3) is 21.5 Å². The van der Waals surface area contributed by atoms with Gasteiger partial charge in [-0.15, -0.1) is 56.9 Å². The maximum Gasteiger partial charge on any atom is 4.00 e. The van der Waals surface area contributed by atoms with Gasteiger partial charge in [-0.25, -0.2) is 0 Å². The summed E-state index contributed by atoms with van der Waals surface area (Å²) in [7, 11) is 0.777. The molecule has 0 aliphatic rings. The normalized spacial score (nSPS) is 10.6. The van der Waals surface area contributed by atoms with Crippen LogP contribution in [0.5, 0.6) is 0 Å². The van der Waals surface area contributed by atoms with Gasteiger partial charge in [-0.3, -0.25) is 0 Å². The zero-order valence-corrected chi connectivity index (χ0v) is 40.5. The molecular formula is C52H70HfSi. The van der Waals surface area contributed by atoms with Crippen molar-refractivity contribution in [1.29, 1.82) is 0 Å². The summed E-state index contributed by atoms with van der Waals surface area (Å²) in [6.45, 7) is 34.0. The smallest absolute Gasteiger partial charge is 0.343 e. The minimum absolute atomic E-state index is 0. The zero-order valence-electron chi connectivity index (χ0n) is 35.9. The molecule has 2 radical (unpaired) electrons. The van der Waals surface area contributed by atoms with E-state index in [0.717, 1.165) is 22.4 Å². The third-order valence-corrected chi connectivity index (χ3v) is 10.4. The SMILES string of the molecule is Cc1cc2c(C(C)C)cc(C(C)C)cc2[cH-]1.Cc1cc2c(C(C)C)cc(C(C)C)cc2[cH-]1.[CH2-]CCC.[CH2-]CCC.[Hf+4].c1ccc([Si]c2ccccc2)cc1. The molecule has 0 saturated carbocycles. The number of aryl methyl sites for hydroxylation is 2. The average Bonchev–Trinajstić information content (AvgIpc) is 3.72. The van der Waals surface area contributed by atoms with Crippen molar-refractivity contribution in [1.82, 2.24) is 0 Å². The van der Waals surface area contributed by atoms with Gasteiger partial charge in [0.25, 0.3) is 0 Å². The maximum atomic E-state index is 3.60. The third-order valence-electron chi connectivity index (χ3n) is 9.16. The molecule has 0 aliphatic heterocycles. The topological polar surface area (TPSA) is 0 Å². The van der Waals surface area contributed by atoms with Crippen LogP contribution in [0.2, 0.25) is 0 Å². The van der Waals surface area contributed by atoms with Gasteiger partial charge >= 0.3 is 25.8 Å². The van der Waals surface area contributed by atoms with Crippen LogP contribution in [0, 0.1) is 27.7 Å². The van der Waals surface area contributed by atoms with Gasteiger partial charge < -0.3 is 13.8 Å². The van der Waals surface area contributed by atoms with Gasteiger partial charge in [0.15, 0.2) is 0 Å². The van der Waals surface area contributed by atoms with E-state index in [0.29, 0.717) is 23.7 Å². The molecule has 0 aromatic heterocycles. The number of fused-ring (bicyclic) bond motifs is 2. The molecule has 0 nitrogen and oxygen atoms in total. The number of hydrogen-bond donors (Lipinski definition) is 0. The molecule has 54 heavy (non-hydrogen) atoms. The minimum Gasteiger partial charge on any atom is -0.343 e. The Kier molecular flexibility index (Phi) is 23.8. The minimum atomic E-state index is 0. The molecule has 0 heterocycles. The molecule has 0 atom stereocenters. The number of unbranched alkanes of at least 4 members (excludes halogenated alkanes) is 2. The summed E-state index contributed by atoms with van der Waals surface area (Å²) in [6.07, 6.45) is 4.56. The monoisotopic (exact) mass is 902 g/mol. The van der Waals surface area contributed by atoms with Gasteiger partial charge in [0.05, 0.1) is 0 Å². The van der Waals surface area contributed by atoms with E-state index in [1.807, 2.05) is 0 Å². The van der Waals surface area contributed by atoms with E-state index in [4.69, 9.17) is 0 Å². The largest absolute Gasteiger partial charge is 4.00 e. The van der Waals surface area contributed by atoms with Crippen LogP contribution in [0.1, 0.15) is 152 Å². The molecule has 0 fully saturated rings. The van der Waals surface area contributed by atoms with Crippen LogP contribution >= 0.6 is 0 Å². The van der Waals surface area contributed by atoms with Crippen LogP contribution in [-0.4, -0.2) is 9.52 Å². The first-order valence-corrected chi connectivity index (χ1v) is 21.1. The van der Waals surface area contributed by atoms with Crippen molar-refractivity contribution in [2.45, 2.75) is 132 Å². The first-order valence-electron chi connectivity index (χ1n) is 20.1. The Balaban J connectivity index is 0.000000366. The van der Waals surface area contributed by atoms with Gasteiger partial charge in [0.1, 0.15) is 9.52 Å². The Morgan fingerprint density at radius 3 is 1.07 bits per heavy atom. The van der Waals surface area contributed by atoms with Crippen molar-refractivity contribution < 1.29 is 25.8 Å². The molecule has 0 unspecified atom stereocenters. The molecule has 286 valence electrons. The van der Waals surface area contributed by atoms with Crippen molar-refractivity contribution in [2.24, 2.45) is 0 Å². The first kappa shape index (κ1) is 49.2. The second-order valence-corrected chi connectivity index (χ2v) is 16.9. The molecule has 6 aromatic carbocycles. The number of rotatable bonds is 8. The van der Waals surface area contributed by atoms with Crippen molar-refractivity contribution in [3.63, 3.8) is 0 Å². The molecule has 0 N–H and O–H groups in total. The van der Waals surface area contributed by atoms with Gasteiger partial charge in [-0.2, -0.15) is 25.0 Å². The molecule has 0 bridgehead atoms. The summed E-state index contributed by atoms with van der Waals surface area (Å²) >= 11 is 0. The van der Waals surface area contributed by atoms with Crippen LogP contribution in [0.4, 0.5) is 0 Å². The van der Waals surface area contributed by atoms with Crippen molar-refractivity contribution in [3.8, 4) is 0 Å². The molecule has 6 rings (SSSR count). The van der Waals surface area contributed by atoms with E-state index in [1.165, 1.54) is 78.1 Å². The second-order valence-electron chi connectivity index (χ2n) is 15.5. The first-order chi connectivity index (χ1) is 25.3. The van der Waals surface area contributed by atoms with E-state index < -0.39 is 0 Å². The fourth-order valence-electron chi connectivity index (χ4n) is 5.88. The molecular weight excluding hydrogens is 831 g/mol. The fourth-order valence-corrected chi connectivity index (χ4v) is 6.93. The third kappa shape index (κ3) is 16.5. The number of benzene rings is 4. The summed E-state index contributed by atoms with van der Waals surface area (Å²) in [5, 5.41) is 8.50. The summed E-state index contributed by atoms with van der Waals surface area (Å²) in [6, 6.07) is 39.8. The number of hydrogen-bond acceptors (Lipinski definition) is 0. The van der Waals surface area contributed by atoms with Gasteiger partial charge in [0, 0.05) is 0 Å². The van der Waals surface area contributed by atoms with Gasteiger partial charge in [-0.1, -0.05) is 201 Å². The molecule has 2 heteroatoms. The van der Waals surface area contributed by atoms with E-state index >= 15 is 0 Å². The summed E-state index contributed by atoms with van der Waals surface area (Å²) in [5.74, 6) is 2.42. The fraction of sp³-hybridized carbons (Fsp3) is 0.385. The molecule has 0 aliphatic carbocycles. The Labute approximate surface area is 353 Å². The molecule has 0 saturated heterocycles. The average molecular weight is 902 g/mol. The molecule has 0 amide bonds. The van der Waals surface area contributed by atoms with Gasteiger partial charge in [0.2, 0.25) is 0 Å². The van der Waals surface area contributed by atoms with Crippen LogP contribution in [-0.2, 0) is 25.8 Å². The Bertz CT molecular complexity index is 1710. The predicted molar refractivity (Wildman–Crippen MR) is 243 cm³/mol. The molecule has 0 spiro atoms. The summed E-state index contributed by atoms with van der Waals surface area (Å²) in [5.41, 5.74) is 8.66. The summed E-state index contributed by atoms with van der Waals surface area (Å²) < 4.78 is 0. The zero-order chi connectivity index (χ0) is 39.5. The van der Waals surface area contributed by atoms with Crippen LogP contribution in [0.3, 0.4) is 0 Å². The quantitative estimate of drug-likeness (QED) is 0.105. The van der Waals surface area contributed by atoms with E-state index in [2.05, 4.69) is 206 Å². The Hall–Kier alpha value is -2.81. The second kappa shape index (κ2) is 26.1. The van der Waals surface area contributed by atoms with Crippen molar-refractivity contribution in [2.75, 3.05) is 0 Å². The van der Waals surface area contributed by atoms with Crippen LogP contribution < -0.4 is 10.4 Å². The predicted octanol–water partition coefficient (Wildman–Crippen LogP) is 14.8. The van der Waals surface area contributed by atoms with Crippen molar-refractivity contribution >= 4 is 41.4 Å². The standard InChI is InChI=1S/2C16H21.C12H10Si.2C4H9.Hf/c2*1-10(2)13-8-14-6-12(5)7-16(14)15(9-13)11(3)4;1-3-7-11(8-4-1)13-12-9-5-2-6-10-12;2*1-3-4-2;/h2*6-11H,1-5H3;1-10H;2*1,3-4H2,2H3;/q2*-1;;2*-1;+4. The Morgan fingerprint density at radius 1 is 0.500 bits per heavy atom. The maximum absolute atomic E-state index is 3.60. The van der Waals surface area contributed by atoms with E-state index in [-0.39, 0.29) is 25.8 Å². The van der Waals surface area contributed by atoms with Crippen molar-refractivity contribution in [3.05, 3.63) is 156 Å². The van der Waals surface area contributed by atoms with E-state index in [1.54, 1.807) is 0 Å². The van der Waals surface area contributed by atoms with Crippen LogP contribution in [0.15, 0.2) is 109 Å². The molecule has 6 aromatic rings.